The van der Waals surface area contributed by atoms with Gasteiger partial charge in [0.2, 0.25) is 0 Å². The molecule has 1 aliphatic carbocycles. The van der Waals surface area contributed by atoms with Gasteiger partial charge in [-0.3, -0.25) is 9.78 Å². The van der Waals surface area contributed by atoms with Crippen LogP contribution in [0.25, 0.3) is 6.08 Å². The highest BCUT2D eigenvalue weighted by molar-refractivity contribution is 5.90. The van der Waals surface area contributed by atoms with Crippen molar-refractivity contribution in [3.8, 4) is 0 Å². The zero-order valence-corrected chi connectivity index (χ0v) is 19.7. The van der Waals surface area contributed by atoms with Crippen LogP contribution >= 0.6 is 0 Å². The first-order valence-electron chi connectivity index (χ1n) is 12.8. The topological polar surface area (TPSA) is 88.6 Å². The first kappa shape index (κ1) is 24.1. The minimum Gasteiger partial charge on any atom is -0.365 e. The van der Waals surface area contributed by atoms with Crippen molar-refractivity contribution >= 4 is 17.8 Å². The van der Waals surface area contributed by atoms with E-state index in [2.05, 4.69) is 25.7 Å². The molecule has 3 fully saturated rings. The molecular weight excluding hydrogens is 418 g/mol. The highest BCUT2D eigenvalue weighted by Crippen LogP contribution is 2.25. The lowest BCUT2D eigenvalue weighted by atomic mass is 9.97. The van der Waals surface area contributed by atoms with E-state index in [9.17, 15) is 4.79 Å². The van der Waals surface area contributed by atoms with Crippen LogP contribution in [0.5, 0.6) is 0 Å². The van der Waals surface area contributed by atoms with E-state index < -0.39 is 0 Å². The van der Waals surface area contributed by atoms with Gasteiger partial charge >= 0.3 is 0 Å². The second-order valence-electron chi connectivity index (χ2n) is 9.64. The maximum absolute atomic E-state index is 11.9. The molecule has 33 heavy (non-hydrogen) atoms. The zero-order chi connectivity index (χ0) is 22.7. The van der Waals surface area contributed by atoms with Gasteiger partial charge in [-0.25, -0.2) is 15.3 Å². The molecule has 3 aliphatic rings. The van der Waals surface area contributed by atoms with Crippen molar-refractivity contribution in [2.45, 2.75) is 83.0 Å². The lowest BCUT2D eigenvalue weighted by Crippen LogP contribution is -2.44. The Labute approximate surface area is 197 Å². The third-order valence-electron chi connectivity index (χ3n) is 6.85. The Hall–Kier alpha value is -2.03. The zero-order valence-electron chi connectivity index (χ0n) is 19.7. The predicted molar refractivity (Wildman–Crippen MR) is 128 cm³/mol. The first-order valence-corrected chi connectivity index (χ1v) is 12.8. The molecule has 0 aromatic carbocycles. The Balaban J connectivity index is 1.19. The van der Waals surface area contributed by atoms with Crippen molar-refractivity contribution in [3.05, 3.63) is 24.2 Å². The van der Waals surface area contributed by atoms with Crippen LogP contribution < -0.4 is 10.8 Å². The van der Waals surface area contributed by atoms with Crippen molar-refractivity contribution in [2.24, 2.45) is 5.92 Å². The minimum atomic E-state index is -0.357. The maximum Gasteiger partial charge on any atom is 0.267 e. The average molecular weight is 458 g/mol. The van der Waals surface area contributed by atoms with Gasteiger partial charge in [0.25, 0.3) is 5.91 Å². The van der Waals surface area contributed by atoms with Crippen LogP contribution in [0, 0.1) is 5.92 Å². The summed E-state index contributed by atoms with van der Waals surface area (Å²) in [5, 5.41) is 3.56. The van der Waals surface area contributed by atoms with E-state index in [0.29, 0.717) is 18.3 Å². The summed E-state index contributed by atoms with van der Waals surface area (Å²) < 4.78 is 5.42. The van der Waals surface area contributed by atoms with Crippen LogP contribution in [0.4, 0.5) is 5.82 Å². The molecule has 3 heterocycles. The van der Waals surface area contributed by atoms with E-state index in [1.165, 1.54) is 64.1 Å². The van der Waals surface area contributed by atoms with Gasteiger partial charge in [-0.1, -0.05) is 25.7 Å². The molecule has 2 saturated heterocycles. The molecular formula is C25H39N5O3. The number of hydrogen-bond acceptors (Lipinski definition) is 7. The fourth-order valence-corrected chi connectivity index (χ4v) is 5.08. The van der Waals surface area contributed by atoms with Gasteiger partial charge in [0.1, 0.15) is 5.82 Å². The lowest BCUT2D eigenvalue weighted by Gasteiger charge is -2.35. The van der Waals surface area contributed by atoms with Gasteiger partial charge in [0, 0.05) is 38.2 Å². The molecule has 1 aromatic heterocycles. The number of nitrogens with one attached hydrogen (secondary N) is 2. The standard InChI is InChI=1S/C25H39N5O3/c31-24(29-33-25-11-5-6-15-32-25)13-12-21-16-27-23(17-26-21)28-22-10-7-14-30(19-22)18-20-8-3-1-2-4-9-20/h12-13,16-17,20,22,25H,1-11,14-15,18-19H2,(H,27,28)(H,29,31)/t22-,25?/m1/s1. The summed E-state index contributed by atoms with van der Waals surface area (Å²) in [5.41, 5.74) is 3.04. The monoisotopic (exact) mass is 457 g/mol. The molecule has 0 spiro atoms. The Morgan fingerprint density at radius 2 is 1.91 bits per heavy atom. The van der Waals surface area contributed by atoms with Crippen LogP contribution in [0.15, 0.2) is 18.5 Å². The fraction of sp³-hybridized carbons (Fsp3) is 0.720. The Kier molecular flexibility index (Phi) is 9.50. The van der Waals surface area contributed by atoms with Gasteiger partial charge in [-0.05, 0) is 57.1 Å². The molecule has 4 rings (SSSR count). The van der Waals surface area contributed by atoms with Crippen LogP contribution in [0.3, 0.4) is 0 Å². The Morgan fingerprint density at radius 1 is 1.06 bits per heavy atom. The molecule has 0 bridgehead atoms. The van der Waals surface area contributed by atoms with E-state index in [1.54, 1.807) is 18.5 Å². The van der Waals surface area contributed by atoms with E-state index >= 15 is 0 Å². The normalized spacial score (nSPS) is 25.6. The minimum absolute atomic E-state index is 0.343. The van der Waals surface area contributed by atoms with Crippen LogP contribution in [-0.2, 0) is 14.4 Å². The molecule has 8 nitrogen and oxygen atoms in total. The molecule has 8 heteroatoms. The molecule has 2 aliphatic heterocycles. The number of nitrogens with zero attached hydrogens (tertiary/aromatic N) is 3. The number of carbonyl (C=O) groups excluding carboxylic acids is 1. The van der Waals surface area contributed by atoms with E-state index in [1.807, 2.05) is 0 Å². The van der Waals surface area contributed by atoms with Gasteiger partial charge in [0.15, 0.2) is 6.29 Å². The third kappa shape index (κ3) is 8.36. The second kappa shape index (κ2) is 13.0. The lowest BCUT2D eigenvalue weighted by molar-refractivity contribution is -0.198. The highest BCUT2D eigenvalue weighted by atomic mass is 16.8. The summed E-state index contributed by atoms with van der Waals surface area (Å²) >= 11 is 0. The quantitative estimate of drug-likeness (QED) is 0.348. The molecule has 2 atom stereocenters. The van der Waals surface area contributed by atoms with Crippen molar-refractivity contribution in [2.75, 3.05) is 31.6 Å². The third-order valence-corrected chi connectivity index (χ3v) is 6.85. The van der Waals surface area contributed by atoms with Gasteiger partial charge in [0.05, 0.1) is 18.1 Å². The van der Waals surface area contributed by atoms with Crippen molar-refractivity contribution in [3.63, 3.8) is 0 Å². The number of amides is 1. The number of rotatable bonds is 8. The molecule has 1 aromatic rings. The Bertz CT molecular complexity index is 743. The number of ether oxygens (including phenoxy) is 1. The summed E-state index contributed by atoms with van der Waals surface area (Å²) in [4.78, 5) is 28.8. The molecule has 1 saturated carbocycles. The summed E-state index contributed by atoms with van der Waals surface area (Å²) in [5.74, 6) is 1.31. The number of piperidine rings is 1. The van der Waals surface area contributed by atoms with Crippen LogP contribution in [0.2, 0.25) is 0 Å². The van der Waals surface area contributed by atoms with Gasteiger partial charge < -0.3 is 15.0 Å². The SMILES string of the molecule is O=C(C=Cc1cnc(N[C@@H]2CCCN(CC3CCCCCC3)C2)cn1)NOC1CCCCO1. The number of carbonyl (C=O) groups is 1. The van der Waals surface area contributed by atoms with Crippen LogP contribution in [0.1, 0.15) is 76.3 Å². The fourth-order valence-electron chi connectivity index (χ4n) is 5.08. The first-order chi connectivity index (χ1) is 16.2. The van der Waals surface area contributed by atoms with Crippen molar-refractivity contribution in [1.29, 1.82) is 0 Å². The maximum atomic E-state index is 11.9. The van der Waals surface area contributed by atoms with Crippen molar-refractivity contribution < 1.29 is 14.4 Å². The van der Waals surface area contributed by atoms with E-state index in [4.69, 9.17) is 9.57 Å². The summed E-state index contributed by atoms with van der Waals surface area (Å²) in [6.07, 6.45) is 19.8. The summed E-state index contributed by atoms with van der Waals surface area (Å²) in [6.45, 7) is 4.20. The Morgan fingerprint density at radius 3 is 2.67 bits per heavy atom. The number of likely N-dealkylation sites (tertiary alicyclic amines) is 1. The molecule has 2 N–H and O–H groups in total. The largest absolute Gasteiger partial charge is 0.365 e. The number of anilines is 1. The molecule has 0 radical (unpaired) electrons. The van der Waals surface area contributed by atoms with Gasteiger partial charge in [-0.2, -0.15) is 0 Å². The van der Waals surface area contributed by atoms with Crippen LogP contribution in [-0.4, -0.2) is 59.3 Å². The second-order valence-corrected chi connectivity index (χ2v) is 9.64. The summed E-state index contributed by atoms with van der Waals surface area (Å²) in [6, 6.07) is 0.408. The smallest absolute Gasteiger partial charge is 0.267 e. The highest BCUT2D eigenvalue weighted by Gasteiger charge is 2.23. The average Bonchev–Trinajstić information content (AvgIpc) is 3.12. The summed E-state index contributed by atoms with van der Waals surface area (Å²) in [7, 11) is 0. The number of hydroxylamine groups is 1. The predicted octanol–water partition coefficient (Wildman–Crippen LogP) is 3.91. The van der Waals surface area contributed by atoms with Gasteiger partial charge in [-0.15, -0.1) is 0 Å². The number of hydrogen-bond donors (Lipinski definition) is 2. The number of aromatic nitrogens is 2. The van der Waals surface area contributed by atoms with Crippen molar-refractivity contribution in [1.82, 2.24) is 20.3 Å². The molecule has 1 amide bonds. The van der Waals surface area contributed by atoms with E-state index in [-0.39, 0.29) is 12.2 Å². The molecule has 1 unspecified atom stereocenters. The molecule has 182 valence electrons. The van der Waals surface area contributed by atoms with E-state index in [0.717, 1.165) is 44.0 Å².